The molecule has 1 aliphatic rings. The molecule has 3 rings (SSSR count). The van der Waals surface area contributed by atoms with Gasteiger partial charge in [-0.15, -0.1) is 0 Å². The Morgan fingerprint density at radius 1 is 1.23 bits per heavy atom. The summed E-state index contributed by atoms with van der Waals surface area (Å²) in [5.41, 5.74) is 2.76. The van der Waals surface area contributed by atoms with Crippen molar-refractivity contribution >= 4 is 5.82 Å². The molecule has 0 unspecified atom stereocenters. The summed E-state index contributed by atoms with van der Waals surface area (Å²) in [5, 5.41) is 9.57. The molecular formula is C19H18F2N4O. The summed E-state index contributed by atoms with van der Waals surface area (Å²) in [5.74, 6) is 0.960. The number of aryl methyl sites for hydroxylation is 1. The predicted molar refractivity (Wildman–Crippen MR) is 93.3 cm³/mol. The molecule has 0 spiro atoms. The molecule has 134 valence electrons. The first kappa shape index (κ1) is 17.8. The Bertz CT molecular complexity index is 845. The second-order valence-electron chi connectivity index (χ2n) is 5.95. The number of nitrogens with zero attached hydrogens (tertiary/aromatic N) is 4. The van der Waals surface area contributed by atoms with Gasteiger partial charge in [0, 0.05) is 19.2 Å². The van der Waals surface area contributed by atoms with E-state index in [1.807, 2.05) is 17.0 Å². The van der Waals surface area contributed by atoms with Crippen LogP contribution in [0.15, 0.2) is 36.4 Å². The van der Waals surface area contributed by atoms with Gasteiger partial charge in [0.15, 0.2) is 11.4 Å². The van der Waals surface area contributed by atoms with E-state index in [1.165, 1.54) is 11.1 Å². The van der Waals surface area contributed by atoms with Crippen LogP contribution >= 0.6 is 0 Å². The number of anilines is 1. The maximum absolute atomic E-state index is 12.2. The Hall–Kier alpha value is -3.01. The van der Waals surface area contributed by atoms with E-state index < -0.39 is 6.08 Å². The van der Waals surface area contributed by atoms with Gasteiger partial charge in [0.05, 0.1) is 0 Å². The van der Waals surface area contributed by atoms with E-state index in [-0.39, 0.29) is 18.1 Å². The molecule has 0 saturated carbocycles. The van der Waals surface area contributed by atoms with Crippen molar-refractivity contribution in [3.8, 4) is 11.9 Å². The molecule has 5 nitrogen and oxygen atoms in total. The minimum atomic E-state index is -1.83. The zero-order valence-corrected chi connectivity index (χ0v) is 14.4. The van der Waals surface area contributed by atoms with Crippen LogP contribution in [0.4, 0.5) is 14.6 Å². The van der Waals surface area contributed by atoms with Gasteiger partial charge >= 0.3 is 0 Å². The monoisotopic (exact) mass is 356 g/mol. The molecule has 0 amide bonds. The number of fused-ring (bicyclic) bond motifs is 1. The average molecular weight is 356 g/mol. The number of benzene rings is 1. The Morgan fingerprint density at radius 2 is 1.88 bits per heavy atom. The third-order valence-corrected chi connectivity index (χ3v) is 4.26. The van der Waals surface area contributed by atoms with Gasteiger partial charge in [-0.2, -0.15) is 19.0 Å². The molecule has 0 atom stereocenters. The zero-order chi connectivity index (χ0) is 18.5. The normalized spacial score (nSPS) is 13.4. The maximum Gasteiger partial charge on any atom is 0.269 e. The van der Waals surface area contributed by atoms with Gasteiger partial charge < -0.3 is 9.64 Å². The Labute approximate surface area is 150 Å². The fraction of sp³-hybridized carbons (Fsp3) is 0.316. The summed E-state index contributed by atoms with van der Waals surface area (Å²) >= 11 is 0. The van der Waals surface area contributed by atoms with E-state index in [2.05, 4.69) is 28.2 Å². The smallest absolute Gasteiger partial charge is 0.269 e. The molecule has 0 radical (unpaired) electrons. The van der Waals surface area contributed by atoms with Crippen LogP contribution in [0.3, 0.4) is 0 Å². The Balaban J connectivity index is 1.89. The van der Waals surface area contributed by atoms with Crippen molar-refractivity contribution in [1.82, 2.24) is 9.97 Å². The summed E-state index contributed by atoms with van der Waals surface area (Å²) in [4.78, 5) is 10.6. The number of aromatic nitrogens is 2. The zero-order valence-electron chi connectivity index (χ0n) is 14.4. The molecular weight excluding hydrogens is 338 g/mol. The van der Waals surface area contributed by atoms with Crippen LogP contribution in [-0.4, -0.2) is 29.7 Å². The standard InChI is InChI=1S/C19H18F2N4O/c1-13-23-18(16(12-22)19(24-13)26-11-8-17(20)21)25-9-6-14-4-2-3-5-15(14)7-10-25/h2-5,8H,6-7,9-11H2,1H3. The van der Waals surface area contributed by atoms with Crippen LogP contribution in [-0.2, 0) is 12.8 Å². The first-order valence-corrected chi connectivity index (χ1v) is 8.33. The SMILES string of the molecule is Cc1nc(OCC=C(F)F)c(C#N)c(N2CCc3ccccc3CC2)n1. The largest absolute Gasteiger partial charge is 0.472 e. The number of ether oxygens (including phenoxy) is 1. The summed E-state index contributed by atoms with van der Waals surface area (Å²) < 4.78 is 29.7. The summed E-state index contributed by atoms with van der Waals surface area (Å²) in [6.45, 7) is 2.76. The van der Waals surface area contributed by atoms with Gasteiger partial charge in [0.1, 0.15) is 18.5 Å². The van der Waals surface area contributed by atoms with E-state index in [9.17, 15) is 14.0 Å². The molecule has 26 heavy (non-hydrogen) atoms. The van der Waals surface area contributed by atoms with E-state index in [0.717, 1.165) is 12.8 Å². The van der Waals surface area contributed by atoms with Gasteiger partial charge in [-0.25, -0.2) is 4.98 Å². The van der Waals surface area contributed by atoms with Crippen molar-refractivity contribution in [2.24, 2.45) is 0 Å². The highest BCUT2D eigenvalue weighted by atomic mass is 19.3. The van der Waals surface area contributed by atoms with E-state index in [1.54, 1.807) is 6.92 Å². The highest BCUT2D eigenvalue weighted by Crippen LogP contribution is 2.28. The molecule has 0 aliphatic carbocycles. The second-order valence-corrected chi connectivity index (χ2v) is 5.95. The minimum Gasteiger partial charge on any atom is -0.472 e. The highest BCUT2D eigenvalue weighted by molar-refractivity contribution is 5.59. The summed E-state index contributed by atoms with van der Waals surface area (Å²) in [7, 11) is 0. The second kappa shape index (κ2) is 7.91. The summed E-state index contributed by atoms with van der Waals surface area (Å²) in [6, 6.07) is 10.3. The lowest BCUT2D eigenvalue weighted by Gasteiger charge is -2.23. The number of hydrogen-bond donors (Lipinski definition) is 0. The lowest BCUT2D eigenvalue weighted by molar-refractivity contribution is 0.331. The lowest BCUT2D eigenvalue weighted by Crippen LogP contribution is -2.28. The molecule has 1 aromatic heterocycles. The predicted octanol–water partition coefficient (Wildman–Crippen LogP) is 3.42. The summed E-state index contributed by atoms with van der Waals surface area (Å²) in [6.07, 6.45) is 0.493. The number of halogens is 2. The molecule has 2 aromatic rings. The number of nitriles is 1. The highest BCUT2D eigenvalue weighted by Gasteiger charge is 2.22. The third kappa shape index (κ3) is 3.97. The van der Waals surface area contributed by atoms with Crippen LogP contribution in [0.2, 0.25) is 0 Å². The molecule has 0 fully saturated rings. The van der Waals surface area contributed by atoms with Crippen LogP contribution in [0.25, 0.3) is 0 Å². The van der Waals surface area contributed by atoms with Gasteiger partial charge in [-0.05, 0) is 30.9 Å². The molecule has 2 heterocycles. The topological polar surface area (TPSA) is 62.0 Å². The number of hydrogen-bond acceptors (Lipinski definition) is 5. The fourth-order valence-corrected chi connectivity index (χ4v) is 3.03. The van der Waals surface area contributed by atoms with Crippen LogP contribution in [0.1, 0.15) is 22.5 Å². The molecule has 1 aliphatic heterocycles. The quantitative estimate of drug-likeness (QED) is 0.840. The van der Waals surface area contributed by atoms with E-state index in [4.69, 9.17) is 4.74 Å². The first-order valence-electron chi connectivity index (χ1n) is 8.33. The van der Waals surface area contributed by atoms with Crippen molar-refractivity contribution in [3.63, 3.8) is 0 Å². The van der Waals surface area contributed by atoms with Crippen LogP contribution in [0.5, 0.6) is 5.88 Å². The maximum atomic E-state index is 12.2. The number of rotatable bonds is 4. The van der Waals surface area contributed by atoms with Crippen LogP contribution < -0.4 is 9.64 Å². The van der Waals surface area contributed by atoms with Gasteiger partial charge in [-0.3, -0.25) is 0 Å². The Morgan fingerprint density at radius 3 is 2.46 bits per heavy atom. The molecule has 0 bridgehead atoms. The van der Waals surface area contributed by atoms with Crippen molar-refractivity contribution in [2.45, 2.75) is 19.8 Å². The Kier molecular flexibility index (Phi) is 5.42. The van der Waals surface area contributed by atoms with Gasteiger partial charge in [-0.1, -0.05) is 24.3 Å². The average Bonchev–Trinajstić information content (AvgIpc) is 2.83. The van der Waals surface area contributed by atoms with Crippen molar-refractivity contribution in [3.05, 3.63) is 58.9 Å². The fourth-order valence-electron chi connectivity index (χ4n) is 3.03. The minimum absolute atomic E-state index is 0.0364. The molecule has 0 N–H and O–H groups in total. The van der Waals surface area contributed by atoms with Crippen LogP contribution in [0, 0.1) is 18.3 Å². The van der Waals surface area contributed by atoms with E-state index in [0.29, 0.717) is 30.8 Å². The first-order chi connectivity index (χ1) is 12.6. The molecule has 0 saturated heterocycles. The molecule has 7 heteroatoms. The lowest BCUT2D eigenvalue weighted by atomic mass is 10.0. The van der Waals surface area contributed by atoms with Gasteiger partial charge in [0.25, 0.3) is 6.08 Å². The van der Waals surface area contributed by atoms with Crippen molar-refractivity contribution in [2.75, 3.05) is 24.6 Å². The van der Waals surface area contributed by atoms with E-state index >= 15 is 0 Å². The van der Waals surface area contributed by atoms with Gasteiger partial charge in [0.2, 0.25) is 5.88 Å². The van der Waals surface area contributed by atoms with Crippen molar-refractivity contribution < 1.29 is 13.5 Å². The molecule has 1 aromatic carbocycles. The third-order valence-electron chi connectivity index (χ3n) is 4.26. The van der Waals surface area contributed by atoms with Crippen molar-refractivity contribution in [1.29, 1.82) is 5.26 Å².